The SMILES string of the molecule is C=C1CCCC(NS(=O)(=O)c2cnc(Oc3ccc(C)cc3)c(Br)c2)/C1=C/N=C(C)CCC(=O)O. The summed E-state index contributed by atoms with van der Waals surface area (Å²) < 4.78 is 35.2. The molecule has 0 spiro atoms. The van der Waals surface area contributed by atoms with Gasteiger partial charge in [0.05, 0.1) is 17.1 Å². The average Bonchev–Trinajstić information content (AvgIpc) is 2.79. The number of nitrogens with zero attached hydrogens (tertiary/aromatic N) is 2. The fourth-order valence-corrected chi connectivity index (χ4v) is 5.31. The summed E-state index contributed by atoms with van der Waals surface area (Å²) in [6.45, 7) is 7.79. The Morgan fingerprint density at radius 3 is 2.71 bits per heavy atom. The maximum atomic E-state index is 13.2. The van der Waals surface area contributed by atoms with E-state index in [9.17, 15) is 13.2 Å². The number of carboxylic acids is 1. The second-order valence-electron chi connectivity index (χ2n) is 8.39. The fourth-order valence-electron chi connectivity index (χ4n) is 3.50. The number of sulfonamides is 1. The molecule has 1 aliphatic rings. The molecule has 1 atom stereocenters. The number of aliphatic carboxylic acids is 1. The van der Waals surface area contributed by atoms with Crippen molar-refractivity contribution in [2.24, 2.45) is 4.99 Å². The van der Waals surface area contributed by atoms with Crippen molar-refractivity contribution in [1.82, 2.24) is 9.71 Å². The standard InChI is InChI=1S/C25H28BrN3O5S/c1-16-7-10-19(11-8-16)34-25-22(26)13-20(14-28-25)35(32,33)29-23-6-4-5-17(2)21(23)15-27-18(3)9-12-24(30)31/h7-8,10-11,13-15,23,29H,2,4-6,9,12H2,1,3H3,(H,30,31)/b21-15+,27-18?. The Morgan fingerprint density at radius 2 is 2.06 bits per heavy atom. The van der Waals surface area contributed by atoms with E-state index in [1.165, 1.54) is 12.3 Å². The van der Waals surface area contributed by atoms with Crippen molar-refractivity contribution in [3.8, 4) is 11.6 Å². The quantitative estimate of drug-likeness (QED) is 0.388. The fraction of sp³-hybridized carbons (Fsp3) is 0.320. The van der Waals surface area contributed by atoms with Gasteiger partial charge in [-0.25, -0.2) is 18.1 Å². The van der Waals surface area contributed by atoms with Crippen LogP contribution in [0.4, 0.5) is 0 Å². The zero-order chi connectivity index (χ0) is 25.6. The molecule has 0 bridgehead atoms. The summed E-state index contributed by atoms with van der Waals surface area (Å²) in [5.74, 6) is -0.0483. The molecule has 3 rings (SSSR count). The van der Waals surface area contributed by atoms with Crippen molar-refractivity contribution in [3.63, 3.8) is 0 Å². The van der Waals surface area contributed by atoms with Crippen LogP contribution in [0.5, 0.6) is 11.6 Å². The molecule has 2 aromatic rings. The number of benzene rings is 1. The zero-order valence-corrected chi connectivity index (χ0v) is 22.0. The number of rotatable bonds is 9. The first-order valence-corrected chi connectivity index (χ1v) is 13.4. The van der Waals surface area contributed by atoms with Gasteiger partial charge >= 0.3 is 5.97 Å². The van der Waals surface area contributed by atoms with Crippen molar-refractivity contribution in [2.75, 3.05) is 0 Å². The highest BCUT2D eigenvalue weighted by Gasteiger charge is 2.28. The molecule has 0 saturated heterocycles. The van der Waals surface area contributed by atoms with Crippen LogP contribution in [-0.4, -0.2) is 36.2 Å². The molecule has 186 valence electrons. The van der Waals surface area contributed by atoms with Crippen LogP contribution in [0.1, 0.15) is 44.6 Å². The molecule has 1 unspecified atom stereocenters. The summed E-state index contributed by atoms with van der Waals surface area (Å²) >= 11 is 3.36. The highest BCUT2D eigenvalue weighted by atomic mass is 79.9. The first kappa shape index (κ1) is 26.8. The Bertz CT molecular complexity index is 1270. The van der Waals surface area contributed by atoms with Crippen molar-refractivity contribution < 1.29 is 23.1 Å². The summed E-state index contributed by atoms with van der Waals surface area (Å²) in [7, 11) is -3.90. The largest absolute Gasteiger partial charge is 0.481 e. The van der Waals surface area contributed by atoms with Crippen LogP contribution in [-0.2, 0) is 14.8 Å². The van der Waals surface area contributed by atoms with E-state index in [2.05, 4.69) is 37.2 Å². The third-order valence-corrected chi connectivity index (χ3v) is 7.51. The first-order valence-electron chi connectivity index (χ1n) is 11.1. The summed E-state index contributed by atoms with van der Waals surface area (Å²) in [4.78, 5) is 19.3. The van der Waals surface area contributed by atoms with Gasteiger partial charge in [0.2, 0.25) is 15.9 Å². The van der Waals surface area contributed by atoms with E-state index in [-0.39, 0.29) is 17.2 Å². The number of pyridine rings is 1. The monoisotopic (exact) mass is 561 g/mol. The molecule has 0 aliphatic heterocycles. The maximum absolute atomic E-state index is 13.2. The summed E-state index contributed by atoms with van der Waals surface area (Å²) in [5, 5.41) is 8.84. The number of nitrogens with one attached hydrogen (secondary N) is 1. The van der Waals surface area contributed by atoms with Gasteiger partial charge in [-0.3, -0.25) is 9.79 Å². The lowest BCUT2D eigenvalue weighted by atomic mass is 9.87. The van der Waals surface area contributed by atoms with Crippen LogP contribution >= 0.6 is 15.9 Å². The molecule has 2 N–H and O–H groups in total. The minimum Gasteiger partial charge on any atom is -0.481 e. The smallest absolute Gasteiger partial charge is 0.303 e. The van der Waals surface area contributed by atoms with Gasteiger partial charge < -0.3 is 9.84 Å². The number of hydrogen-bond acceptors (Lipinski definition) is 6. The van der Waals surface area contributed by atoms with Gasteiger partial charge in [0.15, 0.2) is 0 Å². The maximum Gasteiger partial charge on any atom is 0.303 e. The summed E-state index contributed by atoms with van der Waals surface area (Å²) in [6.07, 6.45) is 5.28. The van der Waals surface area contributed by atoms with Crippen LogP contribution < -0.4 is 9.46 Å². The Labute approximate surface area is 214 Å². The molecule has 8 nitrogen and oxygen atoms in total. The normalized spacial score (nSPS) is 18.0. The van der Waals surface area contributed by atoms with E-state index < -0.39 is 22.0 Å². The van der Waals surface area contributed by atoms with E-state index in [0.29, 0.717) is 34.3 Å². The molecule has 10 heteroatoms. The van der Waals surface area contributed by atoms with Gasteiger partial charge in [0, 0.05) is 18.0 Å². The number of aliphatic imine (C=N–C) groups is 1. The topological polar surface area (TPSA) is 118 Å². The van der Waals surface area contributed by atoms with Gasteiger partial charge in [-0.15, -0.1) is 0 Å². The van der Waals surface area contributed by atoms with E-state index in [1.807, 2.05) is 31.2 Å². The van der Waals surface area contributed by atoms with Crippen LogP contribution in [0.15, 0.2) is 74.8 Å². The first-order chi connectivity index (χ1) is 16.5. The molecule has 1 aliphatic carbocycles. The van der Waals surface area contributed by atoms with Gasteiger partial charge in [0.25, 0.3) is 0 Å². The lowest BCUT2D eigenvalue weighted by Crippen LogP contribution is -2.38. The Kier molecular flexibility index (Phi) is 8.98. The lowest BCUT2D eigenvalue weighted by molar-refractivity contribution is -0.136. The zero-order valence-electron chi connectivity index (χ0n) is 19.6. The van der Waals surface area contributed by atoms with E-state index >= 15 is 0 Å². The highest BCUT2D eigenvalue weighted by molar-refractivity contribution is 9.10. The predicted octanol–water partition coefficient (Wildman–Crippen LogP) is 5.54. The number of halogens is 1. The highest BCUT2D eigenvalue weighted by Crippen LogP contribution is 2.32. The molecule has 1 heterocycles. The van der Waals surface area contributed by atoms with Crippen LogP contribution in [0, 0.1) is 6.92 Å². The number of carboxylic acid groups (broad SMARTS) is 1. The number of aryl methyl sites for hydroxylation is 1. The van der Waals surface area contributed by atoms with Crippen molar-refractivity contribution in [2.45, 2.75) is 56.9 Å². The minimum atomic E-state index is -3.90. The second kappa shape index (κ2) is 11.7. The predicted molar refractivity (Wildman–Crippen MR) is 138 cm³/mol. The van der Waals surface area contributed by atoms with Gasteiger partial charge in [-0.05, 0) is 84.8 Å². The van der Waals surface area contributed by atoms with Crippen molar-refractivity contribution in [1.29, 1.82) is 0 Å². The molecule has 0 radical (unpaired) electrons. The average molecular weight is 562 g/mol. The molecule has 1 aromatic carbocycles. The Morgan fingerprint density at radius 1 is 1.34 bits per heavy atom. The number of ether oxygens (including phenoxy) is 1. The van der Waals surface area contributed by atoms with Crippen molar-refractivity contribution in [3.05, 3.63) is 70.5 Å². The van der Waals surface area contributed by atoms with E-state index in [1.54, 1.807) is 13.1 Å². The number of hydrogen-bond donors (Lipinski definition) is 2. The second-order valence-corrected chi connectivity index (χ2v) is 11.0. The summed E-state index contributed by atoms with van der Waals surface area (Å²) in [6, 6.07) is 8.39. The Hall–Kier alpha value is -2.82. The molecule has 1 aromatic heterocycles. The molecular formula is C25H28BrN3O5S. The van der Waals surface area contributed by atoms with Crippen LogP contribution in [0.2, 0.25) is 0 Å². The van der Waals surface area contributed by atoms with Crippen molar-refractivity contribution >= 4 is 37.6 Å². The molecule has 0 amide bonds. The molecule has 1 fully saturated rings. The molecule has 1 saturated carbocycles. The lowest BCUT2D eigenvalue weighted by Gasteiger charge is -2.27. The van der Waals surface area contributed by atoms with E-state index in [4.69, 9.17) is 9.84 Å². The third kappa shape index (κ3) is 7.58. The number of carbonyl (C=O) groups is 1. The van der Waals surface area contributed by atoms with Gasteiger partial charge in [-0.1, -0.05) is 24.3 Å². The third-order valence-electron chi connectivity index (χ3n) is 5.51. The number of aromatic nitrogens is 1. The Balaban J connectivity index is 1.78. The summed E-state index contributed by atoms with van der Waals surface area (Å²) in [5.41, 5.74) is 3.25. The molecular weight excluding hydrogens is 534 g/mol. The molecule has 35 heavy (non-hydrogen) atoms. The van der Waals surface area contributed by atoms with Gasteiger partial charge in [-0.2, -0.15) is 0 Å². The van der Waals surface area contributed by atoms with E-state index in [0.717, 1.165) is 24.0 Å². The van der Waals surface area contributed by atoms with Crippen LogP contribution in [0.25, 0.3) is 0 Å². The van der Waals surface area contributed by atoms with Crippen LogP contribution in [0.3, 0.4) is 0 Å². The minimum absolute atomic E-state index is 0.00249. The van der Waals surface area contributed by atoms with Gasteiger partial charge in [0.1, 0.15) is 10.6 Å².